The smallest absolute Gasteiger partial charge is 0.241 e. The van der Waals surface area contributed by atoms with Crippen LogP contribution in [0.4, 0.5) is 5.69 Å². The number of pyridine rings is 1. The van der Waals surface area contributed by atoms with Crippen molar-refractivity contribution in [2.24, 2.45) is 0 Å². The van der Waals surface area contributed by atoms with E-state index in [-0.39, 0.29) is 11.9 Å². The molecule has 1 amide bonds. The van der Waals surface area contributed by atoms with Gasteiger partial charge in [-0.2, -0.15) is 0 Å². The highest BCUT2D eigenvalue weighted by Crippen LogP contribution is 2.30. The van der Waals surface area contributed by atoms with Crippen molar-refractivity contribution in [3.63, 3.8) is 0 Å². The van der Waals surface area contributed by atoms with Gasteiger partial charge >= 0.3 is 0 Å². The molecule has 0 bridgehead atoms. The second-order valence-corrected chi connectivity index (χ2v) is 4.22. The molecular formula is C14H13N3O. The summed E-state index contributed by atoms with van der Waals surface area (Å²) in [5.41, 5.74) is 4.75. The van der Waals surface area contributed by atoms with Gasteiger partial charge in [0.2, 0.25) is 5.91 Å². The van der Waals surface area contributed by atoms with Crippen molar-refractivity contribution in [1.29, 1.82) is 0 Å². The molecule has 0 aliphatic carbocycles. The third kappa shape index (κ3) is 1.93. The quantitative estimate of drug-likeness (QED) is 0.872. The van der Waals surface area contributed by atoms with Crippen LogP contribution in [0.1, 0.15) is 18.2 Å². The van der Waals surface area contributed by atoms with Crippen LogP contribution in [0.3, 0.4) is 0 Å². The third-order valence-electron chi connectivity index (χ3n) is 3.00. The maximum absolute atomic E-state index is 11.6. The number of amides is 1. The molecule has 4 heteroatoms. The predicted molar refractivity (Wildman–Crippen MR) is 68.7 cm³/mol. The Hall–Kier alpha value is -2.36. The molecule has 1 N–H and O–H groups in total. The Balaban J connectivity index is 1.96. The van der Waals surface area contributed by atoms with Gasteiger partial charge in [-0.15, -0.1) is 0 Å². The summed E-state index contributed by atoms with van der Waals surface area (Å²) in [6.45, 7) is 0. The molecule has 1 aromatic carbocycles. The van der Waals surface area contributed by atoms with Crippen molar-refractivity contribution in [3.8, 4) is 0 Å². The number of aromatic nitrogens is 1. The third-order valence-corrected chi connectivity index (χ3v) is 3.00. The molecule has 1 aliphatic heterocycles. The second kappa shape index (κ2) is 4.49. The maximum Gasteiger partial charge on any atom is 0.241 e. The first-order valence-electron chi connectivity index (χ1n) is 5.89. The van der Waals surface area contributed by atoms with E-state index in [1.165, 1.54) is 0 Å². The second-order valence-electron chi connectivity index (χ2n) is 4.22. The summed E-state index contributed by atoms with van der Waals surface area (Å²) in [5.74, 6) is 0.0227. The number of hydrogen-bond acceptors (Lipinski definition) is 3. The van der Waals surface area contributed by atoms with Crippen molar-refractivity contribution >= 4 is 11.6 Å². The first kappa shape index (κ1) is 10.8. The highest BCUT2D eigenvalue weighted by molar-refractivity contribution is 5.82. The van der Waals surface area contributed by atoms with E-state index >= 15 is 0 Å². The largest absolute Gasteiger partial charge is 0.276 e. The number of hydrazine groups is 1. The van der Waals surface area contributed by atoms with E-state index in [1.807, 2.05) is 53.5 Å². The predicted octanol–water partition coefficient (Wildman–Crippen LogP) is 2.06. The molecule has 1 aromatic heterocycles. The van der Waals surface area contributed by atoms with Gasteiger partial charge in [0, 0.05) is 6.20 Å². The molecule has 2 heterocycles. The number of carbonyl (C=O) groups excluding carboxylic acids is 1. The number of nitrogens with zero attached hydrogens (tertiary/aromatic N) is 2. The molecule has 0 radical (unpaired) electrons. The summed E-state index contributed by atoms with van der Waals surface area (Å²) in [6, 6.07) is 15.5. The fraction of sp³-hybridized carbons (Fsp3) is 0.143. The zero-order chi connectivity index (χ0) is 12.4. The summed E-state index contributed by atoms with van der Waals surface area (Å²) in [4.78, 5) is 16.0. The van der Waals surface area contributed by atoms with Gasteiger partial charge in [0.25, 0.3) is 0 Å². The van der Waals surface area contributed by atoms with Crippen molar-refractivity contribution in [1.82, 2.24) is 10.4 Å². The molecule has 0 saturated carbocycles. The minimum Gasteiger partial charge on any atom is -0.276 e. The van der Waals surface area contributed by atoms with Gasteiger partial charge in [0.1, 0.15) is 6.04 Å². The molecule has 90 valence electrons. The van der Waals surface area contributed by atoms with Crippen LogP contribution < -0.4 is 10.4 Å². The molecule has 0 spiro atoms. The number of para-hydroxylation sites is 1. The molecule has 18 heavy (non-hydrogen) atoms. The van der Waals surface area contributed by atoms with Gasteiger partial charge < -0.3 is 0 Å². The van der Waals surface area contributed by atoms with Gasteiger partial charge in [-0.25, -0.2) is 0 Å². The fourth-order valence-electron chi connectivity index (χ4n) is 2.17. The Kier molecular flexibility index (Phi) is 2.68. The highest BCUT2D eigenvalue weighted by Gasteiger charge is 2.32. The van der Waals surface area contributed by atoms with Crippen molar-refractivity contribution in [2.75, 3.05) is 5.01 Å². The summed E-state index contributed by atoms with van der Waals surface area (Å²) in [7, 11) is 0. The van der Waals surface area contributed by atoms with Crippen LogP contribution in [-0.4, -0.2) is 10.9 Å². The zero-order valence-corrected chi connectivity index (χ0v) is 9.78. The van der Waals surface area contributed by atoms with E-state index < -0.39 is 0 Å². The summed E-state index contributed by atoms with van der Waals surface area (Å²) >= 11 is 0. The number of carbonyl (C=O) groups is 1. The van der Waals surface area contributed by atoms with E-state index in [0.717, 1.165) is 11.4 Å². The minimum absolute atomic E-state index is 0.0227. The lowest BCUT2D eigenvalue weighted by Crippen LogP contribution is -2.34. The van der Waals surface area contributed by atoms with Crippen molar-refractivity contribution in [2.45, 2.75) is 12.5 Å². The van der Waals surface area contributed by atoms with Gasteiger partial charge in [-0.1, -0.05) is 24.3 Å². The normalized spacial score (nSPS) is 18.8. The maximum atomic E-state index is 11.6. The lowest BCUT2D eigenvalue weighted by Gasteiger charge is -2.24. The molecule has 4 nitrogen and oxygen atoms in total. The molecule has 1 aliphatic rings. The number of benzene rings is 1. The van der Waals surface area contributed by atoms with E-state index in [1.54, 1.807) is 6.20 Å². The summed E-state index contributed by atoms with van der Waals surface area (Å²) in [6.07, 6.45) is 2.19. The Morgan fingerprint density at radius 3 is 2.61 bits per heavy atom. The molecule has 1 atom stereocenters. The van der Waals surface area contributed by atoms with Gasteiger partial charge in [-0.05, 0) is 24.3 Å². The molecule has 2 aromatic rings. The first-order chi connectivity index (χ1) is 8.84. The van der Waals surface area contributed by atoms with Gasteiger partial charge in [0.15, 0.2) is 0 Å². The van der Waals surface area contributed by atoms with Gasteiger partial charge in [-0.3, -0.25) is 20.2 Å². The molecule has 1 saturated heterocycles. The van der Waals surface area contributed by atoms with E-state index in [0.29, 0.717) is 6.42 Å². The Labute approximate surface area is 105 Å². The molecule has 1 fully saturated rings. The molecule has 3 rings (SSSR count). The number of rotatable bonds is 2. The average Bonchev–Trinajstić information content (AvgIpc) is 2.83. The molecule has 1 unspecified atom stereocenters. The van der Waals surface area contributed by atoms with E-state index in [9.17, 15) is 4.79 Å². The number of hydrogen-bond donors (Lipinski definition) is 1. The average molecular weight is 239 g/mol. The van der Waals surface area contributed by atoms with Crippen LogP contribution in [0.2, 0.25) is 0 Å². The standard InChI is InChI=1S/C14H13N3O/c18-14-10-13(12-8-4-5-9-15-12)17(16-14)11-6-2-1-3-7-11/h1-9,13H,10H2,(H,16,18). The topological polar surface area (TPSA) is 45.2 Å². The highest BCUT2D eigenvalue weighted by atomic mass is 16.2. The van der Waals surface area contributed by atoms with Crippen molar-refractivity contribution < 1.29 is 4.79 Å². The SMILES string of the molecule is O=C1CC(c2ccccn2)N(c2ccccc2)N1. The van der Waals surface area contributed by atoms with Crippen LogP contribution in [0, 0.1) is 0 Å². The monoisotopic (exact) mass is 239 g/mol. The summed E-state index contributed by atoms with van der Waals surface area (Å²) in [5, 5.41) is 1.88. The lowest BCUT2D eigenvalue weighted by atomic mass is 10.1. The van der Waals surface area contributed by atoms with Crippen LogP contribution in [0.15, 0.2) is 54.7 Å². The Bertz CT molecular complexity index is 492. The summed E-state index contributed by atoms with van der Waals surface area (Å²) < 4.78 is 0. The van der Waals surface area contributed by atoms with E-state index in [4.69, 9.17) is 0 Å². The van der Waals surface area contributed by atoms with Crippen LogP contribution in [-0.2, 0) is 4.79 Å². The molecular weight excluding hydrogens is 226 g/mol. The van der Waals surface area contributed by atoms with Crippen molar-refractivity contribution in [3.05, 3.63) is 60.4 Å². The Morgan fingerprint density at radius 2 is 1.89 bits per heavy atom. The first-order valence-corrected chi connectivity index (χ1v) is 5.89. The Morgan fingerprint density at radius 1 is 1.11 bits per heavy atom. The fourth-order valence-corrected chi connectivity index (χ4v) is 2.17. The number of nitrogens with one attached hydrogen (secondary N) is 1. The minimum atomic E-state index is -0.0406. The zero-order valence-electron chi connectivity index (χ0n) is 9.78. The lowest BCUT2D eigenvalue weighted by molar-refractivity contribution is -0.119. The van der Waals surface area contributed by atoms with Crippen LogP contribution >= 0.6 is 0 Å². The van der Waals surface area contributed by atoms with E-state index in [2.05, 4.69) is 10.4 Å². The van der Waals surface area contributed by atoms with Crippen LogP contribution in [0.5, 0.6) is 0 Å². The van der Waals surface area contributed by atoms with Crippen LogP contribution in [0.25, 0.3) is 0 Å². The number of anilines is 1. The van der Waals surface area contributed by atoms with Gasteiger partial charge in [0.05, 0.1) is 17.8 Å².